The molecule has 3 rings (SSSR count). The molecule has 2 aliphatic rings. The van der Waals surface area contributed by atoms with Gasteiger partial charge in [0.25, 0.3) is 0 Å². The summed E-state index contributed by atoms with van der Waals surface area (Å²) in [4.78, 5) is 0.524. The average molecular weight is 390 g/mol. The van der Waals surface area contributed by atoms with Crippen LogP contribution in [-0.4, -0.2) is 15.0 Å². The van der Waals surface area contributed by atoms with Crippen molar-refractivity contribution in [2.75, 3.05) is 6.54 Å². The second kappa shape index (κ2) is 7.71. The number of benzene rings is 1. The summed E-state index contributed by atoms with van der Waals surface area (Å²) >= 11 is 0. The fourth-order valence-electron chi connectivity index (χ4n) is 4.62. The van der Waals surface area contributed by atoms with Crippen LogP contribution in [0.2, 0.25) is 0 Å². The fourth-order valence-corrected chi connectivity index (χ4v) is 6.41. The van der Waals surface area contributed by atoms with E-state index < -0.39 is 10.0 Å². The number of sulfonamides is 1. The molecule has 1 saturated carbocycles. The van der Waals surface area contributed by atoms with Crippen LogP contribution in [0.5, 0.6) is 0 Å². The Morgan fingerprint density at radius 3 is 1.93 bits per heavy atom. The molecule has 1 aromatic carbocycles. The first kappa shape index (κ1) is 20.6. The van der Waals surface area contributed by atoms with E-state index in [2.05, 4.69) is 70.5 Å². The maximum Gasteiger partial charge on any atom is 0.241 e. The monoisotopic (exact) mass is 389 g/mol. The first-order valence-electron chi connectivity index (χ1n) is 10.5. The van der Waals surface area contributed by atoms with E-state index in [1.54, 1.807) is 0 Å². The highest BCUT2D eigenvalue weighted by Crippen LogP contribution is 2.43. The minimum absolute atomic E-state index is 0.165. The minimum atomic E-state index is -3.53. The Kier molecular flexibility index (Phi) is 5.88. The van der Waals surface area contributed by atoms with Crippen molar-refractivity contribution in [3.63, 3.8) is 0 Å². The van der Waals surface area contributed by atoms with Gasteiger partial charge in [0, 0.05) is 6.54 Å². The largest absolute Gasteiger partial charge is 0.241 e. The molecule has 1 aromatic rings. The number of hydrogen-bond donors (Lipinski definition) is 1. The second-order valence-electron chi connectivity index (χ2n) is 9.38. The van der Waals surface area contributed by atoms with E-state index in [0.717, 1.165) is 17.5 Å². The molecule has 0 aromatic heterocycles. The maximum absolute atomic E-state index is 13.4. The molecule has 3 nitrogen and oxygen atoms in total. The molecular weight excluding hydrogens is 354 g/mol. The second-order valence-corrected chi connectivity index (χ2v) is 11.1. The summed E-state index contributed by atoms with van der Waals surface area (Å²) in [5, 5.41) is 0. The quantitative estimate of drug-likeness (QED) is 0.622. The molecule has 0 aliphatic heterocycles. The van der Waals surface area contributed by atoms with Gasteiger partial charge in [-0.25, -0.2) is 13.1 Å². The summed E-state index contributed by atoms with van der Waals surface area (Å²) in [5.41, 5.74) is 3.12. The third-order valence-corrected chi connectivity index (χ3v) is 7.86. The van der Waals surface area contributed by atoms with Crippen LogP contribution in [0.3, 0.4) is 0 Å². The van der Waals surface area contributed by atoms with E-state index >= 15 is 0 Å². The average Bonchev–Trinajstić information content (AvgIpc) is 3.21. The highest BCUT2D eigenvalue weighted by atomic mass is 32.2. The number of fused-ring (bicyclic) bond motifs is 2. The molecule has 0 heterocycles. The van der Waals surface area contributed by atoms with Gasteiger partial charge < -0.3 is 0 Å². The fraction of sp³-hybridized carbons (Fsp3) is 0.652. The highest BCUT2D eigenvalue weighted by Gasteiger charge is 2.36. The van der Waals surface area contributed by atoms with Gasteiger partial charge in [-0.3, -0.25) is 0 Å². The molecule has 4 heteroatoms. The predicted octanol–water partition coefficient (Wildman–Crippen LogP) is 5.55. The molecule has 0 amide bonds. The first-order valence-corrected chi connectivity index (χ1v) is 11.9. The summed E-state index contributed by atoms with van der Waals surface area (Å²) in [6.45, 7) is 13.2. The lowest BCUT2D eigenvalue weighted by atomic mass is 9.89. The zero-order valence-corrected chi connectivity index (χ0v) is 18.4. The zero-order chi connectivity index (χ0) is 19.9. The molecule has 3 atom stereocenters. The Bertz CT molecular complexity index is 792. The Hall–Kier alpha value is -1.13. The van der Waals surface area contributed by atoms with Crippen LogP contribution in [0.4, 0.5) is 0 Å². The van der Waals surface area contributed by atoms with Crippen molar-refractivity contribution in [3.05, 3.63) is 41.0 Å². The molecule has 27 heavy (non-hydrogen) atoms. The number of rotatable bonds is 7. The predicted molar refractivity (Wildman–Crippen MR) is 113 cm³/mol. The molecule has 0 spiro atoms. The highest BCUT2D eigenvalue weighted by molar-refractivity contribution is 7.89. The van der Waals surface area contributed by atoms with Crippen molar-refractivity contribution >= 4 is 10.0 Å². The molecular formula is C23H35NO2S. The zero-order valence-electron chi connectivity index (χ0n) is 17.6. The van der Waals surface area contributed by atoms with Gasteiger partial charge in [-0.2, -0.15) is 0 Å². The van der Waals surface area contributed by atoms with Gasteiger partial charge in [0.05, 0.1) is 4.90 Å². The molecule has 0 saturated heterocycles. The Balaban J connectivity index is 1.96. The summed E-state index contributed by atoms with van der Waals surface area (Å²) in [5.74, 6) is 2.36. The molecule has 2 aliphatic carbocycles. The van der Waals surface area contributed by atoms with Crippen molar-refractivity contribution in [1.29, 1.82) is 0 Å². The smallest absolute Gasteiger partial charge is 0.211 e. The van der Waals surface area contributed by atoms with E-state index in [1.807, 2.05) is 0 Å². The molecule has 150 valence electrons. The lowest BCUT2D eigenvalue weighted by Crippen LogP contribution is -2.32. The molecule has 2 bridgehead atoms. The van der Waals surface area contributed by atoms with Gasteiger partial charge in [0.2, 0.25) is 10.0 Å². The SMILES string of the molecule is CC(C)c1cc(C(C)C)c(S(=O)(=O)NC[C@@H]2C[C@H]3C=C[C@H]2C3)c(C(C)C)c1. The normalized spacial score (nSPS) is 24.7. The number of allylic oxidation sites excluding steroid dienone is 2. The van der Waals surface area contributed by atoms with E-state index in [1.165, 1.54) is 12.0 Å². The Morgan fingerprint density at radius 1 is 0.926 bits per heavy atom. The van der Waals surface area contributed by atoms with Crippen LogP contribution in [-0.2, 0) is 10.0 Å². The van der Waals surface area contributed by atoms with Crippen LogP contribution in [0.15, 0.2) is 29.2 Å². The van der Waals surface area contributed by atoms with Gasteiger partial charge >= 0.3 is 0 Å². The van der Waals surface area contributed by atoms with Crippen LogP contribution in [0.1, 0.15) is 88.8 Å². The lowest BCUT2D eigenvalue weighted by molar-refractivity contribution is 0.440. The van der Waals surface area contributed by atoms with Crippen LogP contribution in [0.25, 0.3) is 0 Å². The molecule has 1 fully saturated rings. The van der Waals surface area contributed by atoms with Crippen LogP contribution < -0.4 is 4.72 Å². The summed E-state index contributed by atoms with van der Waals surface area (Å²) < 4.78 is 29.8. The van der Waals surface area contributed by atoms with Gasteiger partial charge in [0.1, 0.15) is 0 Å². The van der Waals surface area contributed by atoms with Crippen molar-refractivity contribution in [2.24, 2.45) is 17.8 Å². The summed E-state index contributed by atoms with van der Waals surface area (Å²) in [7, 11) is -3.53. The number of nitrogens with one attached hydrogen (secondary N) is 1. The Morgan fingerprint density at radius 2 is 1.52 bits per heavy atom. The van der Waals surface area contributed by atoms with Crippen molar-refractivity contribution in [3.8, 4) is 0 Å². The van der Waals surface area contributed by atoms with E-state index in [9.17, 15) is 8.42 Å². The van der Waals surface area contributed by atoms with Crippen LogP contribution >= 0.6 is 0 Å². The van der Waals surface area contributed by atoms with E-state index in [-0.39, 0.29) is 11.8 Å². The maximum atomic E-state index is 13.4. The molecule has 1 N–H and O–H groups in total. The van der Waals surface area contributed by atoms with Crippen molar-refractivity contribution < 1.29 is 8.42 Å². The van der Waals surface area contributed by atoms with Gasteiger partial charge in [-0.1, -0.05) is 65.8 Å². The van der Waals surface area contributed by atoms with Crippen LogP contribution in [0, 0.1) is 17.8 Å². The van der Waals surface area contributed by atoms with Gasteiger partial charge in [-0.15, -0.1) is 0 Å². The van der Waals surface area contributed by atoms with E-state index in [4.69, 9.17) is 0 Å². The standard InChI is InChI=1S/C23H35NO2S/c1-14(2)19-11-21(15(3)4)23(22(12-19)16(5)6)27(25,26)24-13-20-10-17-7-8-18(20)9-17/h7-8,11-12,14-18,20,24H,9-10,13H2,1-6H3/t17-,18-,20-/m0/s1. The minimum Gasteiger partial charge on any atom is -0.211 e. The first-order chi connectivity index (χ1) is 12.6. The Labute approximate surface area is 165 Å². The van der Waals surface area contributed by atoms with Crippen molar-refractivity contribution in [1.82, 2.24) is 4.72 Å². The summed E-state index contributed by atoms with van der Waals surface area (Å²) in [6.07, 6.45) is 6.89. The van der Waals surface area contributed by atoms with Gasteiger partial charge in [0.15, 0.2) is 0 Å². The third kappa shape index (κ3) is 4.17. The summed E-state index contributed by atoms with van der Waals surface area (Å²) in [6, 6.07) is 4.21. The van der Waals surface area contributed by atoms with E-state index in [0.29, 0.717) is 35.1 Å². The third-order valence-electron chi connectivity index (χ3n) is 6.30. The molecule has 0 unspecified atom stereocenters. The van der Waals surface area contributed by atoms with Gasteiger partial charge in [-0.05, 0) is 65.0 Å². The van der Waals surface area contributed by atoms with Crippen molar-refractivity contribution in [2.45, 2.75) is 77.0 Å². The topological polar surface area (TPSA) is 46.2 Å². The molecule has 0 radical (unpaired) electrons. The lowest BCUT2D eigenvalue weighted by Gasteiger charge is -2.24. The number of hydrogen-bond acceptors (Lipinski definition) is 2.